The molecule has 1 fully saturated rings. The Kier molecular flexibility index (Phi) is 6.89. The maximum absolute atomic E-state index is 12.6. The molecule has 4 rings (SSSR count). The minimum Gasteiger partial charge on any atom is -0.492 e. The van der Waals surface area contributed by atoms with Gasteiger partial charge in [-0.15, -0.1) is 0 Å². The number of ether oxygens (including phenoxy) is 2. The van der Waals surface area contributed by atoms with Crippen LogP contribution in [0.2, 0.25) is 0 Å². The van der Waals surface area contributed by atoms with Crippen molar-refractivity contribution in [3.05, 3.63) is 54.1 Å². The molecule has 11 nitrogen and oxygen atoms in total. The van der Waals surface area contributed by atoms with Gasteiger partial charge in [-0.05, 0) is 36.4 Å². The van der Waals surface area contributed by atoms with Gasteiger partial charge in [0.25, 0.3) is 15.9 Å². The summed E-state index contributed by atoms with van der Waals surface area (Å²) >= 11 is 0. The first kappa shape index (κ1) is 24.1. The van der Waals surface area contributed by atoms with E-state index in [1.54, 1.807) is 6.07 Å². The molecule has 2 aliphatic heterocycles. The van der Waals surface area contributed by atoms with Crippen LogP contribution in [0.25, 0.3) is 0 Å². The number of hydrogen-bond donors (Lipinski definition) is 1. The molecule has 0 radical (unpaired) electrons. The first-order valence-electron chi connectivity index (χ1n) is 10.4. The monoisotopic (exact) mass is 509 g/mol. The SMILES string of the molecule is O=C(CN1C(=O)c2ccccc2S1(=O)=O)NCCOc1ccc(S(=O)(=O)N2CCOCC2)cc1. The fraction of sp³-hybridized carbons (Fsp3) is 0.333. The fourth-order valence-electron chi connectivity index (χ4n) is 3.58. The molecule has 2 heterocycles. The number of nitrogens with one attached hydrogen (secondary N) is 1. The van der Waals surface area contributed by atoms with Gasteiger partial charge in [-0.25, -0.2) is 21.1 Å². The Balaban J connectivity index is 1.26. The number of fused-ring (bicyclic) bond motifs is 1. The molecule has 0 bridgehead atoms. The maximum Gasteiger partial charge on any atom is 0.269 e. The van der Waals surface area contributed by atoms with Crippen LogP contribution >= 0.6 is 0 Å². The Morgan fingerprint density at radius 2 is 1.74 bits per heavy atom. The minimum atomic E-state index is -4.06. The van der Waals surface area contributed by atoms with Crippen LogP contribution in [0.5, 0.6) is 5.75 Å². The number of carbonyl (C=O) groups excluding carboxylic acids is 2. The van der Waals surface area contributed by atoms with Gasteiger partial charge in [-0.1, -0.05) is 12.1 Å². The van der Waals surface area contributed by atoms with Crippen LogP contribution in [0, 0.1) is 0 Å². The number of nitrogens with zero attached hydrogens (tertiary/aromatic N) is 2. The van der Waals surface area contributed by atoms with E-state index in [0.717, 1.165) is 0 Å². The van der Waals surface area contributed by atoms with Crippen LogP contribution in [0.1, 0.15) is 10.4 Å². The highest BCUT2D eigenvalue weighted by Crippen LogP contribution is 2.29. The molecule has 2 aliphatic rings. The summed E-state index contributed by atoms with van der Waals surface area (Å²) < 4.78 is 62.8. The number of amides is 2. The van der Waals surface area contributed by atoms with Crippen molar-refractivity contribution in [1.29, 1.82) is 0 Å². The standard InChI is InChI=1S/C21H23N3O8S2/c25-20(15-24-21(26)18-3-1-2-4-19(18)34(24,29)30)22-9-12-32-16-5-7-17(8-6-16)33(27,28)23-10-13-31-14-11-23/h1-8H,9-15H2,(H,22,25). The van der Waals surface area contributed by atoms with Gasteiger partial charge in [0.2, 0.25) is 15.9 Å². The van der Waals surface area contributed by atoms with Crippen molar-refractivity contribution in [3.63, 3.8) is 0 Å². The average molecular weight is 510 g/mol. The van der Waals surface area contributed by atoms with E-state index in [9.17, 15) is 26.4 Å². The third-order valence-electron chi connectivity index (χ3n) is 5.32. The van der Waals surface area contributed by atoms with E-state index in [4.69, 9.17) is 9.47 Å². The molecule has 2 amide bonds. The minimum absolute atomic E-state index is 0.0396. The number of hydrogen-bond acceptors (Lipinski definition) is 8. The average Bonchev–Trinajstić information content (AvgIpc) is 3.03. The zero-order valence-corrected chi connectivity index (χ0v) is 19.7. The highest BCUT2D eigenvalue weighted by molar-refractivity contribution is 7.90. The van der Waals surface area contributed by atoms with Crippen LogP contribution in [-0.4, -0.2) is 83.3 Å². The molecule has 0 aliphatic carbocycles. The summed E-state index contributed by atoms with van der Waals surface area (Å²) in [5.41, 5.74) is 0.0396. The Labute approximate surface area is 197 Å². The maximum atomic E-state index is 12.6. The van der Waals surface area contributed by atoms with E-state index >= 15 is 0 Å². The summed E-state index contributed by atoms with van der Waals surface area (Å²) in [4.78, 5) is 24.6. The number of benzene rings is 2. The van der Waals surface area contributed by atoms with Crippen molar-refractivity contribution in [1.82, 2.24) is 13.9 Å². The van der Waals surface area contributed by atoms with E-state index in [1.165, 1.54) is 46.8 Å². The van der Waals surface area contributed by atoms with E-state index in [-0.39, 0.29) is 28.5 Å². The Bertz CT molecular complexity index is 1290. The molecule has 0 saturated carbocycles. The summed E-state index contributed by atoms with van der Waals surface area (Å²) in [6, 6.07) is 11.7. The van der Waals surface area contributed by atoms with Gasteiger partial charge >= 0.3 is 0 Å². The van der Waals surface area contributed by atoms with E-state index in [0.29, 0.717) is 36.4 Å². The lowest BCUT2D eigenvalue weighted by Crippen LogP contribution is -2.41. The van der Waals surface area contributed by atoms with E-state index < -0.39 is 38.4 Å². The number of carbonyl (C=O) groups is 2. The molecule has 13 heteroatoms. The van der Waals surface area contributed by atoms with Crippen molar-refractivity contribution in [2.75, 3.05) is 46.0 Å². The largest absolute Gasteiger partial charge is 0.492 e. The van der Waals surface area contributed by atoms with Crippen molar-refractivity contribution >= 4 is 31.9 Å². The lowest BCUT2D eigenvalue weighted by Gasteiger charge is -2.26. The van der Waals surface area contributed by atoms with Crippen LogP contribution in [-0.2, 0) is 29.6 Å². The first-order valence-corrected chi connectivity index (χ1v) is 13.3. The van der Waals surface area contributed by atoms with Gasteiger partial charge in [0.1, 0.15) is 23.8 Å². The van der Waals surface area contributed by atoms with Gasteiger partial charge < -0.3 is 14.8 Å². The summed E-state index contributed by atoms with van der Waals surface area (Å²) in [7, 11) is -7.66. The second-order valence-corrected chi connectivity index (χ2v) is 11.3. The zero-order chi connectivity index (χ0) is 24.3. The quantitative estimate of drug-likeness (QED) is 0.493. The number of rotatable bonds is 8. The van der Waals surface area contributed by atoms with Gasteiger partial charge in [-0.2, -0.15) is 4.31 Å². The molecular formula is C21H23N3O8S2. The molecule has 1 N–H and O–H groups in total. The summed E-state index contributed by atoms with van der Waals surface area (Å²) in [6.07, 6.45) is 0. The molecule has 2 aromatic carbocycles. The van der Waals surface area contributed by atoms with E-state index in [1.807, 2.05) is 0 Å². The second-order valence-electron chi connectivity index (χ2n) is 7.50. The van der Waals surface area contributed by atoms with Crippen molar-refractivity contribution in [2.45, 2.75) is 9.79 Å². The zero-order valence-electron chi connectivity index (χ0n) is 18.0. The van der Waals surface area contributed by atoms with Gasteiger partial charge in [0, 0.05) is 13.1 Å². The Morgan fingerprint density at radius 1 is 1.06 bits per heavy atom. The molecular weight excluding hydrogens is 486 g/mol. The van der Waals surface area contributed by atoms with Gasteiger partial charge in [-0.3, -0.25) is 9.59 Å². The van der Waals surface area contributed by atoms with E-state index in [2.05, 4.69) is 5.32 Å². The summed E-state index contributed by atoms with van der Waals surface area (Å²) in [5, 5.41) is 2.51. The summed E-state index contributed by atoms with van der Waals surface area (Å²) in [6.45, 7) is 0.801. The van der Waals surface area contributed by atoms with Gasteiger partial charge in [0.15, 0.2) is 0 Å². The van der Waals surface area contributed by atoms with Crippen LogP contribution in [0.3, 0.4) is 0 Å². The third kappa shape index (κ3) is 4.78. The third-order valence-corrected chi connectivity index (χ3v) is 9.02. The smallest absolute Gasteiger partial charge is 0.269 e. The highest BCUT2D eigenvalue weighted by Gasteiger charge is 2.41. The molecule has 2 aromatic rings. The van der Waals surface area contributed by atoms with Crippen LogP contribution in [0.15, 0.2) is 58.3 Å². The molecule has 182 valence electrons. The second kappa shape index (κ2) is 9.70. The Morgan fingerprint density at radius 3 is 2.41 bits per heavy atom. The summed E-state index contributed by atoms with van der Waals surface area (Å²) in [5.74, 6) is -0.989. The van der Waals surface area contributed by atoms with Gasteiger partial charge in [0.05, 0.1) is 30.2 Å². The molecule has 0 spiro atoms. The van der Waals surface area contributed by atoms with Crippen molar-refractivity contribution in [3.8, 4) is 5.75 Å². The highest BCUT2D eigenvalue weighted by atomic mass is 32.2. The normalized spacial score (nSPS) is 17.9. The molecule has 0 unspecified atom stereocenters. The topological polar surface area (TPSA) is 139 Å². The number of morpholine rings is 1. The molecule has 1 saturated heterocycles. The van der Waals surface area contributed by atoms with Crippen LogP contribution < -0.4 is 10.1 Å². The number of sulfonamides is 2. The van der Waals surface area contributed by atoms with Crippen molar-refractivity contribution < 1.29 is 35.9 Å². The lowest BCUT2D eigenvalue weighted by molar-refractivity contribution is -0.121. The fourth-order valence-corrected chi connectivity index (χ4v) is 6.51. The predicted octanol–water partition coefficient (Wildman–Crippen LogP) is 0.0472. The van der Waals surface area contributed by atoms with Crippen molar-refractivity contribution in [2.24, 2.45) is 0 Å². The predicted molar refractivity (Wildman–Crippen MR) is 119 cm³/mol. The molecule has 0 atom stereocenters. The lowest BCUT2D eigenvalue weighted by atomic mass is 10.2. The van der Waals surface area contributed by atoms with Crippen LogP contribution in [0.4, 0.5) is 0 Å². The molecule has 0 aromatic heterocycles. The molecule has 34 heavy (non-hydrogen) atoms. The first-order chi connectivity index (χ1) is 16.2. The Hall–Kier alpha value is -3.00.